The Labute approximate surface area is 150 Å². The van der Waals surface area contributed by atoms with Gasteiger partial charge in [0.05, 0.1) is 0 Å². The molecule has 0 aromatic heterocycles. The third-order valence-corrected chi connectivity index (χ3v) is 4.13. The Balaban J connectivity index is 0.00000132. The molecule has 0 fully saturated rings. The average molecular weight is 351 g/mol. The Hall–Kier alpha value is -1.32. The summed E-state index contributed by atoms with van der Waals surface area (Å²) in [7, 11) is 0. The summed E-state index contributed by atoms with van der Waals surface area (Å²) in [5.74, 6) is 0. The minimum atomic E-state index is 0. The highest BCUT2D eigenvalue weighted by atomic mass is 35.5. The van der Waals surface area contributed by atoms with Crippen LogP contribution in [0, 0.1) is 0 Å². The Bertz CT molecular complexity index is 705. The summed E-state index contributed by atoms with van der Waals surface area (Å²) in [4.78, 5) is 0. The number of nitrogens with two attached hydrogens (primary N) is 2. The molecular weight excluding hydrogens is 327 g/mol. The summed E-state index contributed by atoms with van der Waals surface area (Å²) in [5.41, 5.74) is 13.3. The van der Waals surface area contributed by atoms with Crippen LogP contribution in [0.4, 0.5) is 0 Å². The van der Waals surface area contributed by atoms with Crippen molar-refractivity contribution in [2.75, 3.05) is 6.54 Å². The number of rotatable bonds is 5. The first-order valence-corrected chi connectivity index (χ1v) is 7.64. The van der Waals surface area contributed by atoms with Crippen LogP contribution in [0.2, 0.25) is 0 Å². The second-order valence-corrected chi connectivity index (χ2v) is 5.69. The highest BCUT2D eigenvalue weighted by Gasteiger charge is 2.11. The molecule has 124 valence electrons. The monoisotopic (exact) mass is 350 g/mol. The van der Waals surface area contributed by atoms with Gasteiger partial charge in [0.15, 0.2) is 0 Å². The van der Waals surface area contributed by atoms with Gasteiger partial charge in [-0.15, -0.1) is 24.8 Å². The molecule has 0 aliphatic rings. The molecule has 0 radical (unpaired) electrons. The van der Waals surface area contributed by atoms with Gasteiger partial charge in [-0.1, -0.05) is 48.5 Å². The molecule has 1 unspecified atom stereocenters. The number of benzene rings is 3. The summed E-state index contributed by atoms with van der Waals surface area (Å²) in [5, 5.41) is 5.22. The molecule has 2 nitrogen and oxygen atoms in total. The van der Waals surface area contributed by atoms with E-state index in [0.29, 0.717) is 6.54 Å². The van der Waals surface area contributed by atoms with E-state index >= 15 is 0 Å². The largest absolute Gasteiger partial charge is 0.330 e. The number of fused-ring (bicyclic) bond motifs is 2. The molecule has 0 amide bonds. The number of hydrogen-bond donors (Lipinski definition) is 2. The van der Waals surface area contributed by atoms with Gasteiger partial charge in [0.2, 0.25) is 0 Å². The van der Waals surface area contributed by atoms with Crippen LogP contribution in [0.3, 0.4) is 0 Å². The van der Waals surface area contributed by atoms with Gasteiger partial charge >= 0.3 is 0 Å². The first kappa shape index (κ1) is 19.7. The molecule has 0 aliphatic carbocycles. The van der Waals surface area contributed by atoms with Crippen molar-refractivity contribution < 1.29 is 0 Å². The van der Waals surface area contributed by atoms with Gasteiger partial charge in [0, 0.05) is 6.04 Å². The first-order valence-electron chi connectivity index (χ1n) is 7.64. The average Bonchev–Trinajstić information content (AvgIpc) is 2.52. The quantitative estimate of drug-likeness (QED) is 0.668. The first-order chi connectivity index (χ1) is 10.3. The van der Waals surface area contributed by atoms with Gasteiger partial charge in [-0.3, -0.25) is 0 Å². The van der Waals surface area contributed by atoms with Crippen molar-refractivity contribution in [1.82, 2.24) is 0 Å². The van der Waals surface area contributed by atoms with Crippen LogP contribution in [0.25, 0.3) is 21.5 Å². The van der Waals surface area contributed by atoms with Crippen molar-refractivity contribution in [1.29, 1.82) is 0 Å². The summed E-state index contributed by atoms with van der Waals surface area (Å²) < 4.78 is 0. The Morgan fingerprint density at radius 1 is 0.826 bits per heavy atom. The molecule has 23 heavy (non-hydrogen) atoms. The molecule has 0 spiro atoms. The van der Waals surface area contributed by atoms with Gasteiger partial charge in [-0.25, -0.2) is 0 Å². The molecule has 0 saturated carbocycles. The van der Waals surface area contributed by atoms with E-state index in [0.717, 1.165) is 19.3 Å². The van der Waals surface area contributed by atoms with E-state index in [1.807, 2.05) is 0 Å². The zero-order valence-electron chi connectivity index (χ0n) is 13.1. The van der Waals surface area contributed by atoms with Crippen LogP contribution in [-0.4, -0.2) is 12.6 Å². The molecule has 4 heteroatoms. The molecule has 0 aliphatic heterocycles. The standard InChI is InChI=1S/C19H22N2.2ClH/c20-11-5-8-16(21)13-19-17-9-3-1-6-14(17)12-15-7-2-4-10-18(15)19;;/h1-4,6-7,9-10,12,16H,5,8,11,13,20-21H2;2*1H. The van der Waals surface area contributed by atoms with E-state index in [1.54, 1.807) is 0 Å². The predicted octanol–water partition coefficient (Wildman–Crippen LogP) is 4.45. The normalized spacial score (nSPS) is 11.7. The Kier molecular flexibility index (Phi) is 7.80. The van der Waals surface area contributed by atoms with Crippen LogP contribution >= 0.6 is 24.8 Å². The van der Waals surface area contributed by atoms with Gasteiger partial charge in [0.1, 0.15) is 0 Å². The number of halogens is 2. The van der Waals surface area contributed by atoms with Crippen LogP contribution in [0.15, 0.2) is 54.6 Å². The van der Waals surface area contributed by atoms with E-state index in [1.165, 1.54) is 27.1 Å². The second kappa shape index (κ2) is 9.09. The lowest BCUT2D eigenvalue weighted by atomic mass is 9.92. The van der Waals surface area contributed by atoms with Crippen LogP contribution in [-0.2, 0) is 6.42 Å². The SMILES string of the molecule is Cl.Cl.NCCCC(N)Cc1c2ccccc2cc2ccccc12. The maximum absolute atomic E-state index is 6.32. The molecular formula is C19H24Cl2N2. The van der Waals surface area contributed by atoms with Crippen molar-refractivity contribution >= 4 is 46.4 Å². The third-order valence-electron chi connectivity index (χ3n) is 4.13. The molecule has 0 saturated heterocycles. The zero-order valence-corrected chi connectivity index (χ0v) is 14.7. The van der Waals surface area contributed by atoms with E-state index < -0.39 is 0 Å². The Morgan fingerprint density at radius 3 is 1.87 bits per heavy atom. The van der Waals surface area contributed by atoms with Crippen LogP contribution in [0.1, 0.15) is 18.4 Å². The zero-order chi connectivity index (χ0) is 14.7. The fraction of sp³-hybridized carbons (Fsp3) is 0.263. The van der Waals surface area contributed by atoms with Crippen molar-refractivity contribution in [3.8, 4) is 0 Å². The summed E-state index contributed by atoms with van der Waals surface area (Å²) in [6.45, 7) is 0.712. The maximum atomic E-state index is 6.32. The molecule has 4 N–H and O–H groups in total. The lowest BCUT2D eigenvalue weighted by molar-refractivity contribution is 0.588. The van der Waals surface area contributed by atoms with Crippen LogP contribution < -0.4 is 11.5 Å². The molecule has 0 bridgehead atoms. The predicted molar refractivity (Wildman–Crippen MR) is 106 cm³/mol. The molecule has 3 aromatic rings. The third kappa shape index (κ3) is 4.36. The number of hydrogen-bond acceptors (Lipinski definition) is 2. The molecule has 0 heterocycles. The van der Waals surface area contributed by atoms with Gasteiger partial charge in [0.25, 0.3) is 0 Å². The van der Waals surface area contributed by atoms with Gasteiger partial charge < -0.3 is 11.5 Å². The van der Waals surface area contributed by atoms with E-state index in [9.17, 15) is 0 Å². The minimum Gasteiger partial charge on any atom is -0.330 e. The van der Waals surface area contributed by atoms with Crippen molar-refractivity contribution in [2.24, 2.45) is 11.5 Å². The fourth-order valence-electron chi connectivity index (χ4n) is 3.07. The topological polar surface area (TPSA) is 52.0 Å². The lowest BCUT2D eigenvalue weighted by Gasteiger charge is -2.16. The second-order valence-electron chi connectivity index (χ2n) is 5.69. The highest BCUT2D eigenvalue weighted by molar-refractivity contribution is 6.02. The van der Waals surface area contributed by atoms with Crippen molar-refractivity contribution in [2.45, 2.75) is 25.3 Å². The molecule has 3 aromatic carbocycles. The highest BCUT2D eigenvalue weighted by Crippen LogP contribution is 2.29. The lowest BCUT2D eigenvalue weighted by Crippen LogP contribution is -2.24. The fourth-order valence-corrected chi connectivity index (χ4v) is 3.07. The smallest absolute Gasteiger partial charge is 0.00802 e. The van der Waals surface area contributed by atoms with Crippen LogP contribution in [0.5, 0.6) is 0 Å². The van der Waals surface area contributed by atoms with Crippen molar-refractivity contribution in [3.63, 3.8) is 0 Å². The van der Waals surface area contributed by atoms with Crippen molar-refractivity contribution in [3.05, 3.63) is 60.2 Å². The summed E-state index contributed by atoms with van der Waals surface area (Å²) >= 11 is 0. The van der Waals surface area contributed by atoms with E-state index in [2.05, 4.69) is 54.6 Å². The van der Waals surface area contributed by atoms with Gasteiger partial charge in [-0.05, 0) is 59.0 Å². The summed E-state index contributed by atoms with van der Waals surface area (Å²) in [6.07, 6.45) is 2.87. The maximum Gasteiger partial charge on any atom is 0.00802 e. The molecule has 3 rings (SSSR count). The van der Waals surface area contributed by atoms with Gasteiger partial charge in [-0.2, -0.15) is 0 Å². The summed E-state index contributed by atoms with van der Waals surface area (Å²) in [6, 6.07) is 19.6. The minimum absolute atomic E-state index is 0. The van der Waals surface area contributed by atoms with E-state index in [-0.39, 0.29) is 30.9 Å². The van der Waals surface area contributed by atoms with E-state index in [4.69, 9.17) is 11.5 Å². The Morgan fingerprint density at radius 2 is 1.35 bits per heavy atom. The molecule has 1 atom stereocenters.